The molecule has 0 fully saturated rings. The summed E-state index contributed by atoms with van der Waals surface area (Å²) in [6.45, 7) is 2.69. The van der Waals surface area contributed by atoms with E-state index < -0.39 is 39.9 Å². The van der Waals surface area contributed by atoms with Gasteiger partial charge in [-0.1, -0.05) is 37.3 Å². The summed E-state index contributed by atoms with van der Waals surface area (Å²) in [5.74, 6) is -3.45. The van der Waals surface area contributed by atoms with Crippen LogP contribution in [0.4, 0.5) is 14.5 Å². The number of sulfonamides is 1. The van der Waals surface area contributed by atoms with Crippen molar-refractivity contribution < 1.29 is 27.1 Å². The third-order valence-corrected chi connectivity index (χ3v) is 6.18. The van der Waals surface area contributed by atoms with E-state index >= 15 is 0 Å². The summed E-state index contributed by atoms with van der Waals surface area (Å²) in [6.07, 6.45) is 0. The first-order valence-corrected chi connectivity index (χ1v) is 11.2. The van der Waals surface area contributed by atoms with Crippen LogP contribution in [-0.4, -0.2) is 36.7 Å². The Morgan fingerprint density at radius 1 is 1.13 bits per heavy atom. The number of aliphatic hydroxyl groups excluding tert-OH is 1. The topological polar surface area (TPSA) is 99.3 Å². The molecule has 3 N–H and O–H groups in total. The maximum Gasteiger partial charge on any atom is 0.234 e. The third kappa shape index (κ3) is 5.00. The summed E-state index contributed by atoms with van der Waals surface area (Å²) < 4.78 is 55.0. The number of aromatic nitrogens is 1. The van der Waals surface area contributed by atoms with Crippen molar-refractivity contribution in [2.45, 2.75) is 19.8 Å². The third-order valence-electron chi connectivity index (χ3n) is 4.91. The highest BCUT2D eigenvalue weighted by Crippen LogP contribution is 2.32. The van der Waals surface area contributed by atoms with Gasteiger partial charge in [-0.25, -0.2) is 17.2 Å². The molecule has 3 aromatic rings. The van der Waals surface area contributed by atoms with Crippen molar-refractivity contribution in [2.75, 3.05) is 17.1 Å². The van der Waals surface area contributed by atoms with Crippen LogP contribution in [0.3, 0.4) is 0 Å². The summed E-state index contributed by atoms with van der Waals surface area (Å²) in [5.41, 5.74) is 1.38. The molecular weight excluding hydrogens is 426 g/mol. The van der Waals surface area contributed by atoms with Gasteiger partial charge >= 0.3 is 0 Å². The number of rotatable bonds is 8. The normalized spacial score (nSPS) is 12.5. The fourth-order valence-electron chi connectivity index (χ4n) is 3.35. The minimum Gasteiger partial charge on any atom is -0.395 e. The molecule has 1 unspecified atom stereocenters. The van der Waals surface area contributed by atoms with Crippen LogP contribution in [0.5, 0.6) is 0 Å². The van der Waals surface area contributed by atoms with Crippen molar-refractivity contribution >= 4 is 21.5 Å². The summed E-state index contributed by atoms with van der Waals surface area (Å²) >= 11 is 0. The Hall–Kier alpha value is -3.04. The molecule has 1 heterocycles. The van der Waals surface area contributed by atoms with Crippen molar-refractivity contribution in [3.05, 3.63) is 88.2 Å². The lowest BCUT2D eigenvalue weighted by Gasteiger charge is -2.15. The zero-order chi connectivity index (χ0) is 22.8. The van der Waals surface area contributed by atoms with Crippen LogP contribution < -0.4 is 4.72 Å². The summed E-state index contributed by atoms with van der Waals surface area (Å²) in [6, 6.07) is 12.1. The average molecular weight is 448 g/mol. The molecule has 164 valence electrons. The molecule has 0 aliphatic carbocycles. The number of halogens is 2. The van der Waals surface area contributed by atoms with Gasteiger partial charge in [0.1, 0.15) is 11.6 Å². The van der Waals surface area contributed by atoms with Gasteiger partial charge in [0.05, 0.1) is 23.7 Å². The first-order valence-electron chi connectivity index (χ1n) is 9.52. The summed E-state index contributed by atoms with van der Waals surface area (Å²) in [5, 5.41) is 8.77. The van der Waals surface area contributed by atoms with E-state index in [9.17, 15) is 22.0 Å². The number of ketones is 1. The second kappa shape index (κ2) is 8.99. The van der Waals surface area contributed by atoms with Crippen molar-refractivity contribution in [2.24, 2.45) is 0 Å². The van der Waals surface area contributed by atoms with Crippen LogP contribution >= 0.6 is 0 Å². The number of aromatic amines is 1. The van der Waals surface area contributed by atoms with Crippen LogP contribution in [0, 0.1) is 18.6 Å². The Morgan fingerprint density at radius 3 is 2.32 bits per heavy atom. The van der Waals surface area contributed by atoms with E-state index in [0.717, 1.165) is 12.1 Å². The van der Waals surface area contributed by atoms with Crippen LogP contribution in [0.25, 0.3) is 0 Å². The second-order valence-corrected chi connectivity index (χ2v) is 9.04. The van der Waals surface area contributed by atoms with E-state index in [4.69, 9.17) is 5.11 Å². The molecule has 0 aliphatic rings. The van der Waals surface area contributed by atoms with Gasteiger partial charge in [0.2, 0.25) is 15.8 Å². The molecule has 0 amide bonds. The Bertz CT molecular complexity index is 1180. The predicted molar refractivity (Wildman–Crippen MR) is 114 cm³/mol. The molecule has 1 aromatic heterocycles. The molecule has 0 saturated carbocycles. The number of carbonyl (C=O) groups excluding carboxylic acids is 1. The maximum atomic E-state index is 14.7. The fourth-order valence-corrected chi connectivity index (χ4v) is 4.17. The molecule has 0 radical (unpaired) electrons. The predicted octanol–water partition coefficient (Wildman–Crippen LogP) is 3.72. The summed E-state index contributed by atoms with van der Waals surface area (Å²) in [4.78, 5) is 15.7. The number of aliphatic hydroxyl groups is 1. The van der Waals surface area contributed by atoms with E-state index in [2.05, 4.69) is 4.98 Å². The van der Waals surface area contributed by atoms with Gasteiger partial charge in [-0.05, 0) is 30.7 Å². The Kier molecular flexibility index (Phi) is 6.56. The standard InChI is InChI=1S/C22H22F2N2O4S/c1-13-10-19(25-21(13)22(28)15-6-4-3-5-7-15)14(2)20-17(23)11-16(12-18(20)24)26-31(29,30)9-8-27/h3-7,10-12,14,25-27H,8-9H2,1-2H3. The minimum absolute atomic E-state index is 0.230. The van der Waals surface area contributed by atoms with Gasteiger partial charge in [-0.3, -0.25) is 9.52 Å². The van der Waals surface area contributed by atoms with Gasteiger partial charge in [0.25, 0.3) is 0 Å². The smallest absolute Gasteiger partial charge is 0.234 e. The van der Waals surface area contributed by atoms with Crippen LogP contribution in [0.2, 0.25) is 0 Å². The first-order chi connectivity index (χ1) is 14.6. The number of aryl methyl sites for hydroxylation is 1. The molecule has 3 rings (SSSR count). The molecule has 6 nitrogen and oxygen atoms in total. The molecule has 2 aromatic carbocycles. The van der Waals surface area contributed by atoms with Gasteiger partial charge < -0.3 is 10.1 Å². The molecule has 0 saturated heterocycles. The van der Waals surface area contributed by atoms with Crippen molar-refractivity contribution in [1.29, 1.82) is 0 Å². The largest absolute Gasteiger partial charge is 0.395 e. The first kappa shape index (κ1) is 22.6. The lowest BCUT2D eigenvalue weighted by Crippen LogP contribution is -2.19. The highest BCUT2D eigenvalue weighted by Gasteiger charge is 2.24. The van der Waals surface area contributed by atoms with Gasteiger partial charge in [0, 0.05) is 22.7 Å². The van der Waals surface area contributed by atoms with Crippen molar-refractivity contribution in [1.82, 2.24) is 4.98 Å². The molecular formula is C22H22F2N2O4S. The van der Waals surface area contributed by atoms with Crippen molar-refractivity contribution in [3.8, 4) is 0 Å². The Morgan fingerprint density at radius 2 is 1.74 bits per heavy atom. The molecule has 0 spiro atoms. The number of H-pyrrole nitrogens is 1. The lowest BCUT2D eigenvalue weighted by molar-refractivity contribution is 0.103. The second-order valence-electron chi connectivity index (χ2n) is 7.20. The van der Waals surface area contributed by atoms with E-state index in [1.54, 1.807) is 50.2 Å². The summed E-state index contributed by atoms with van der Waals surface area (Å²) in [7, 11) is -3.92. The van der Waals surface area contributed by atoms with Crippen LogP contribution in [0.15, 0.2) is 48.5 Å². The molecule has 1 atom stereocenters. The molecule has 31 heavy (non-hydrogen) atoms. The van der Waals surface area contributed by atoms with Gasteiger partial charge in [-0.15, -0.1) is 0 Å². The van der Waals surface area contributed by atoms with Crippen molar-refractivity contribution in [3.63, 3.8) is 0 Å². The number of carbonyl (C=O) groups is 1. The van der Waals surface area contributed by atoms with E-state index in [-0.39, 0.29) is 17.0 Å². The maximum absolute atomic E-state index is 14.7. The van der Waals surface area contributed by atoms with Gasteiger partial charge in [-0.2, -0.15) is 0 Å². The van der Waals surface area contributed by atoms with E-state index in [0.29, 0.717) is 22.5 Å². The van der Waals surface area contributed by atoms with Gasteiger partial charge in [0.15, 0.2) is 0 Å². The zero-order valence-corrected chi connectivity index (χ0v) is 17.8. The number of anilines is 1. The Labute approximate surface area is 179 Å². The van der Waals surface area contributed by atoms with E-state index in [1.165, 1.54) is 0 Å². The van der Waals surface area contributed by atoms with E-state index in [1.807, 2.05) is 4.72 Å². The molecule has 9 heteroatoms. The monoisotopic (exact) mass is 448 g/mol. The fraction of sp³-hybridized carbons (Fsp3) is 0.227. The minimum atomic E-state index is -3.92. The highest BCUT2D eigenvalue weighted by molar-refractivity contribution is 7.92. The lowest BCUT2D eigenvalue weighted by atomic mass is 9.96. The van der Waals surface area contributed by atoms with Crippen LogP contribution in [-0.2, 0) is 10.0 Å². The molecule has 0 bridgehead atoms. The zero-order valence-electron chi connectivity index (χ0n) is 16.9. The number of nitrogens with one attached hydrogen (secondary N) is 2. The van der Waals surface area contributed by atoms with Crippen LogP contribution in [0.1, 0.15) is 45.7 Å². The number of hydrogen-bond acceptors (Lipinski definition) is 4. The Balaban J connectivity index is 1.91. The highest BCUT2D eigenvalue weighted by atomic mass is 32.2. The average Bonchev–Trinajstić information content (AvgIpc) is 3.08. The number of benzene rings is 2. The number of hydrogen-bond donors (Lipinski definition) is 3. The quantitative estimate of drug-likeness (QED) is 0.458. The molecule has 0 aliphatic heterocycles. The SMILES string of the molecule is Cc1cc(C(C)c2c(F)cc(NS(=O)(=O)CCO)cc2F)[nH]c1C(=O)c1ccccc1.